The van der Waals surface area contributed by atoms with Crippen molar-refractivity contribution in [2.45, 2.75) is 19.4 Å². The van der Waals surface area contributed by atoms with E-state index in [9.17, 15) is 13.8 Å². The maximum atomic E-state index is 11.3. The highest BCUT2D eigenvalue weighted by atomic mass is 32.2. The van der Waals surface area contributed by atoms with Crippen LogP contribution in [0.25, 0.3) is 0 Å². The normalized spacial score (nSPS) is 14.5. The maximum Gasteiger partial charge on any atom is 0.243 e. The highest BCUT2D eigenvalue weighted by Crippen LogP contribution is 1.86. The number of rotatable bonds is 9. The Balaban J connectivity index is 3.67. The first-order valence-electron chi connectivity index (χ1n) is 5.52. The summed E-state index contributed by atoms with van der Waals surface area (Å²) < 4.78 is 11.3. The fourth-order valence-corrected chi connectivity index (χ4v) is 1.85. The fraction of sp³-hybridized carbons (Fsp3) is 0.636. The molecule has 0 aromatic heterocycles. The quantitative estimate of drug-likeness (QED) is 0.437. The van der Waals surface area contributed by atoms with Crippen molar-refractivity contribution in [2.75, 3.05) is 25.1 Å². The van der Waals surface area contributed by atoms with Gasteiger partial charge in [0.05, 0.1) is 0 Å². The van der Waals surface area contributed by atoms with E-state index in [1.807, 2.05) is 14.0 Å². The van der Waals surface area contributed by atoms with E-state index in [0.29, 0.717) is 24.5 Å². The molecule has 5 nitrogen and oxygen atoms in total. The Kier molecular flexibility index (Phi) is 9.56. The number of carbonyl (C=O) groups excluding carboxylic acids is 2. The molecule has 17 heavy (non-hydrogen) atoms. The average molecular weight is 260 g/mol. The van der Waals surface area contributed by atoms with Gasteiger partial charge in [0.1, 0.15) is 6.29 Å². The second-order valence-corrected chi connectivity index (χ2v) is 5.23. The lowest BCUT2D eigenvalue weighted by atomic mass is 10.3. The van der Waals surface area contributed by atoms with Crippen molar-refractivity contribution in [2.24, 2.45) is 0 Å². The lowest BCUT2D eigenvalue weighted by molar-refractivity contribution is -0.116. The van der Waals surface area contributed by atoms with Gasteiger partial charge in [-0.25, -0.2) is 0 Å². The van der Waals surface area contributed by atoms with E-state index >= 15 is 0 Å². The molecule has 0 aliphatic heterocycles. The van der Waals surface area contributed by atoms with Crippen LogP contribution < -0.4 is 10.6 Å². The molecule has 1 amide bonds. The van der Waals surface area contributed by atoms with Crippen LogP contribution in [-0.2, 0) is 20.4 Å². The molecular weight excluding hydrogens is 240 g/mol. The van der Waals surface area contributed by atoms with E-state index in [-0.39, 0.29) is 11.9 Å². The standard InChI is InChI=1S/C11H20N2O3S/c1-10(12-2)4-5-11(15)13-6-9-17(16)8-3-7-14/h4-5,7,10,12H,3,6,8-9H2,1-2H3,(H,13,15)/b5-4+. The Bertz CT molecular complexity index is 292. The molecule has 0 saturated heterocycles. The van der Waals surface area contributed by atoms with Gasteiger partial charge in [-0.1, -0.05) is 6.08 Å². The van der Waals surface area contributed by atoms with Crippen molar-refractivity contribution in [1.29, 1.82) is 0 Å². The van der Waals surface area contributed by atoms with Gasteiger partial charge >= 0.3 is 0 Å². The summed E-state index contributed by atoms with van der Waals surface area (Å²) >= 11 is 0. The Hall–Kier alpha value is -1.01. The Morgan fingerprint density at radius 1 is 1.41 bits per heavy atom. The zero-order valence-corrected chi connectivity index (χ0v) is 11.1. The Morgan fingerprint density at radius 3 is 2.71 bits per heavy atom. The first-order chi connectivity index (χ1) is 8.10. The summed E-state index contributed by atoms with van der Waals surface area (Å²) in [5.41, 5.74) is 0. The molecule has 6 heteroatoms. The summed E-state index contributed by atoms with van der Waals surface area (Å²) in [4.78, 5) is 21.3. The molecule has 98 valence electrons. The minimum absolute atomic E-state index is 0.141. The molecule has 0 aromatic carbocycles. The van der Waals surface area contributed by atoms with Crippen molar-refractivity contribution in [3.63, 3.8) is 0 Å². The van der Waals surface area contributed by atoms with Crippen molar-refractivity contribution >= 4 is 23.0 Å². The van der Waals surface area contributed by atoms with Gasteiger partial charge in [0.2, 0.25) is 5.91 Å². The third-order valence-electron chi connectivity index (χ3n) is 2.08. The average Bonchev–Trinajstić information content (AvgIpc) is 2.33. The Labute approximate surface area is 104 Å². The number of nitrogens with one attached hydrogen (secondary N) is 2. The number of carbonyl (C=O) groups is 2. The number of amides is 1. The van der Waals surface area contributed by atoms with Crippen LogP contribution in [0, 0.1) is 0 Å². The van der Waals surface area contributed by atoms with Gasteiger partial charge in [0.15, 0.2) is 0 Å². The van der Waals surface area contributed by atoms with Crippen LogP contribution in [-0.4, -0.2) is 47.5 Å². The van der Waals surface area contributed by atoms with Gasteiger partial charge in [0, 0.05) is 47.4 Å². The second-order valence-electron chi connectivity index (χ2n) is 3.53. The summed E-state index contributed by atoms with van der Waals surface area (Å²) in [5.74, 6) is 0.556. The minimum Gasteiger partial charge on any atom is -0.352 e. The number of aldehydes is 1. The molecule has 2 N–H and O–H groups in total. The second kappa shape index (κ2) is 10.2. The SMILES string of the molecule is CNC(C)/C=C/C(=O)NCCS(=O)CCC=O. The van der Waals surface area contributed by atoms with Crippen molar-refractivity contribution in [3.05, 3.63) is 12.2 Å². The van der Waals surface area contributed by atoms with Gasteiger partial charge in [-0.2, -0.15) is 0 Å². The molecule has 0 rings (SSSR count). The molecule has 0 aliphatic rings. The first kappa shape index (κ1) is 16.0. The highest BCUT2D eigenvalue weighted by molar-refractivity contribution is 7.85. The zero-order chi connectivity index (χ0) is 13.1. The molecule has 0 fully saturated rings. The van der Waals surface area contributed by atoms with E-state index in [1.165, 1.54) is 6.08 Å². The third kappa shape index (κ3) is 9.89. The van der Waals surface area contributed by atoms with Gasteiger partial charge in [-0.15, -0.1) is 0 Å². The number of hydrogen-bond donors (Lipinski definition) is 2. The number of likely N-dealkylation sites (N-methyl/N-ethyl adjacent to an activating group) is 1. The van der Waals surface area contributed by atoms with E-state index in [4.69, 9.17) is 0 Å². The molecule has 2 unspecified atom stereocenters. The van der Waals surface area contributed by atoms with E-state index in [2.05, 4.69) is 10.6 Å². The largest absolute Gasteiger partial charge is 0.352 e. The molecule has 0 bridgehead atoms. The fourth-order valence-electron chi connectivity index (χ4n) is 0.957. The number of hydrogen-bond acceptors (Lipinski definition) is 4. The predicted octanol–water partition coefficient (Wildman–Crippen LogP) is -0.396. The van der Waals surface area contributed by atoms with Gasteiger partial charge in [-0.3, -0.25) is 9.00 Å². The molecule has 0 aromatic rings. The van der Waals surface area contributed by atoms with Crippen molar-refractivity contribution in [1.82, 2.24) is 10.6 Å². The third-order valence-corrected chi connectivity index (χ3v) is 3.43. The Morgan fingerprint density at radius 2 is 2.12 bits per heavy atom. The molecule has 0 radical (unpaired) electrons. The smallest absolute Gasteiger partial charge is 0.243 e. The molecule has 0 saturated carbocycles. The van der Waals surface area contributed by atoms with Crippen molar-refractivity contribution in [3.8, 4) is 0 Å². The summed E-state index contributed by atoms with van der Waals surface area (Å²) in [6.45, 7) is 2.29. The topological polar surface area (TPSA) is 75.3 Å². The molecule has 0 aliphatic carbocycles. The van der Waals surface area contributed by atoms with Crippen LogP contribution in [0.4, 0.5) is 0 Å². The van der Waals surface area contributed by atoms with Crippen LogP contribution >= 0.6 is 0 Å². The molecular formula is C11H20N2O3S. The van der Waals surface area contributed by atoms with Crippen LogP contribution in [0.3, 0.4) is 0 Å². The zero-order valence-electron chi connectivity index (χ0n) is 10.3. The molecule has 2 atom stereocenters. The maximum absolute atomic E-state index is 11.3. The summed E-state index contributed by atoms with van der Waals surface area (Å²) in [7, 11) is 0.776. The van der Waals surface area contributed by atoms with Crippen LogP contribution in [0.1, 0.15) is 13.3 Å². The first-order valence-corrected chi connectivity index (χ1v) is 7.01. The van der Waals surface area contributed by atoms with Crippen molar-refractivity contribution < 1.29 is 13.8 Å². The monoisotopic (exact) mass is 260 g/mol. The lowest BCUT2D eigenvalue weighted by Gasteiger charge is -2.04. The lowest BCUT2D eigenvalue weighted by Crippen LogP contribution is -2.27. The van der Waals surface area contributed by atoms with E-state index in [0.717, 1.165) is 6.29 Å². The molecule has 0 heterocycles. The van der Waals surface area contributed by atoms with Crippen LogP contribution in [0.15, 0.2) is 12.2 Å². The van der Waals surface area contributed by atoms with Crippen LogP contribution in [0.2, 0.25) is 0 Å². The predicted molar refractivity (Wildman–Crippen MR) is 69.2 cm³/mol. The van der Waals surface area contributed by atoms with Gasteiger partial charge in [0.25, 0.3) is 0 Å². The van der Waals surface area contributed by atoms with Gasteiger partial charge in [-0.05, 0) is 14.0 Å². The summed E-state index contributed by atoms with van der Waals surface area (Å²) in [5, 5.41) is 5.60. The summed E-state index contributed by atoms with van der Waals surface area (Å²) in [6.07, 6.45) is 4.26. The molecule has 0 spiro atoms. The minimum atomic E-state index is -1.03. The van der Waals surface area contributed by atoms with Crippen LogP contribution in [0.5, 0.6) is 0 Å². The highest BCUT2D eigenvalue weighted by Gasteiger charge is 2.01. The van der Waals surface area contributed by atoms with Gasteiger partial charge < -0.3 is 15.4 Å². The summed E-state index contributed by atoms with van der Waals surface area (Å²) in [6, 6.07) is 0.141. The van der Waals surface area contributed by atoms with E-state index < -0.39 is 10.8 Å². The van der Waals surface area contributed by atoms with E-state index in [1.54, 1.807) is 6.08 Å².